The van der Waals surface area contributed by atoms with Crippen molar-refractivity contribution in [2.24, 2.45) is 0 Å². The van der Waals surface area contributed by atoms with Crippen LogP contribution in [-0.2, 0) is 13.1 Å². The molecule has 0 bridgehead atoms. The van der Waals surface area contributed by atoms with Gasteiger partial charge in [-0.25, -0.2) is 0 Å². The van der Waals surface area contributed by atoms with Crippen molar-refractivity contribution in [2.75, 3.05) is 0 Å². The Kier molecular flexibility index (Phi) is 4.33. The quantitative estimate of drug-likeness (QED) is 0.902. The molecular formula is C17H18N2. The Balaban J connectivity index is 1.92. The number of hydrogen-bond donors (Lipinski definition) is 1. The van der Waals surface area contributed by atoms with Crippen LogP contribution in [0.2, 0.25) is 0 Å². The standard InChI is InChI=1S/C17H18N2/c1-13-6-7-17(8-14(13)2)12-19-11-16-5-3-4-15(9-16)10-18/h3-9,19H,11-12H2,1-2H3. The molecule has 0 aliphatic heterocycles. The molecule has 1 N–H and O–H groups in total. The fraction of sp³-hybridized carbons (Fsp3) is 0.235. The first-order chi connectivity index (χ1) is 9.19. The summed E-state index contributed by atoms with van der Waals surface area (Å²) in [6.07, 6.45) is 0. The number of nitrogens with one attached hydrogen (secondary N) is 1. The van der Waals surface area contributed by atoms with E-state index in [1.807, 2.05) is 24.3 Å². The highest BCUT2D eigenvalue weighted by atomic mass is 14.8. The number of nitrogens with zero attached hydrogens (tertiary/aromatic N) is 1. The molecule has 0 spiro atoms. The van der Waals surface area contributed by atoms with Gasteiger partial charge in [-0.3, -0.25) is 0 Å². The summed E-state index contributed by atoms with van der Waals surface area (Å²) in [5, 5.41) is 12.3. The molecule has 0 heterocycles. The second-order valence-corrected chi connectivity index (χ2v) is 4.83. The molecule has 0 saturated heterocycles. The lowest BCUT2D eigenvalue weighted by Crippen LogP contribution is -2.12. The first-order valence-electron chi connectivity index (χ1n) is 6.45. The minimum Gasteiger partial charge on any atom is -0.309 e. The van der Waals surface area contributed by atoms with E-state index >= 15 is 0 Å². The molecule has 0 fully saturated rings. The number of aryl methyl sites for hydroxylation is 2. The summed E-state index contributed by atoms with van der Waals surface area (Å²) in [4.78, 5) is 0. The average molecular weight is 250 g/mol. The second kappa shape index (κ2) is 6.17. The highest BCUT2D eigenvalue weighted by Crippen LogP contribution is 2.10. The van der Waals surface area contributed by atoms with Crippen molar-refractivity contribution in [1.82, 2.24) is 5.32 Å². The first kappa shape index (κ1) is 13.3. The molecule has 0 amide bonds. The van der Waals surface area contributed by atoms with Crippen LogP contribution in [0.5, 0.6) is 0 Å². The molecule has 2 nitrogen and oxygen atoms in total. The number of nitriles is 1. The molecule has 2 heteroatoms. The molecule has 96 valence electrons. The summed E-state index contributed by atoms with van der Waals surface area (Å²) in [5.41, 5.74) is 5.80. The predicted molar refractivity (Wildman–Crippen MR) is 77.6 cm³/mol. The average Bonchev–Trinajstić information content (AvgIpc) is 2.43. The van der Waals surface area contributed by atoms with Crippen molar-refractivity contribution >= 4 is 0 Å². The van der Waals surface area contributed by atoms with Gasteiger partial charge in [0.05, 0.1) is 11.6 Å². The number of rotatable bonds is 4. The summed E-state index contributed by atoms with van der Waals surface area (Å²) in [7, 11) is 0. The van der Waals surface area contributed by atoms with E-state index in [4.69, 9.17) is 5.26 Å². The number of benzene rings is 2. The maximum Gasteiger partial charge on any atom is 0.0991 e. The molecule has 2 aromatic rings. The van der Waals surface area contributed by atoms with Crippen LogP contribution in [0, 0.1) is 25.2 Å². The van der Waals surface area contributed by atoms with Crippen LogP contribution in [0.25, 0.3) is 0 Å². The molecule has 19 heavy (non-hydrogen) atoms. The normalized spacial score (nSPS) is 10.2. The van der Waals surface area contributed by atoms with Gasteiger partial charge in [-0.15, -0.1) is 0 Å². The Morgan fingerprint density at radius 1 is 0.947 bits per heavy atom. The van der Waals surface area contributed by atoms with Gasteiger partial charge in [0, 0.05) is 13.1 Å². The lowest BCUT2D eigenvalue weighted by atomic mass is 10.1. The smallest absolute Gasteiger partial charge is 0.0991 e. The van der Waals surface area contributed by atoms with Gasteiger partial charge in [-0.2, -0.15) is 5.26 Å². The zero-order valence-electron chi connectivity index (χ0n) is 11.4. The molecule has 0 atom stereocenters. The van der Waals surface area contributed by atoms with Crippen molar-refractivity contribution in [3.05, 3.63) is 70.3 Å². The van der Waals surface area contributed by atoms with E-state index in [2.05, 4.69) is 43.4 Å². The highest BCUT2D eigenvalue weighted by molar-refractivity contribution is 5.33. The minimum absolute atomic E-state index is 0.713. The topological polar surface area (TPSA) is 35.8 Å². The lowest BCUT2D eigenvalue weighted by molar-refractivity contribution is 0.693. The van der Waals surface area contributed by atoms with E-state index in [9.17, 15) is 0 Å². The molecule has 0 aliphatic carbocycles. The number of hydrogen-bond acceptors (Lipinski definition) is 2. The Bertz CT molecular complexity index is 609. The highest BCUT2D eigenvalue weighted by Gasteiger charge is 1.98. The van der Waals surface area contributed by atoms with Gasteiger partial charge in [0.25, 0.3) is 0 Å². The van der Waals surface area contributed by atoms with Crippen molar-refractivity contribution in [3.8, 4) is 6.07 Å². The van der Waals surface area contributed by atoms with Gasteiger partial charge in [-0.1, -0.05) is 30.3 Å². The van der Waals surface area contributed by atoms with Gasteiger partial charge in [0.2, 0.25) is 0 Å². The third-order valence-corrected chi connectivity index (χ3v) is 3.29. The Morgan fingerprint density at radius 2 is 1.68 bits per heavy atom. The molecular weight excluding hydrogens is 232 g/mol. The molecule has 2 aromatic carbocycles. The molecule has 0 radical (unpaired) electrons. The van der Waals surface area contributed by atoms with Gasteiger partial charge in [0.15, 0.2) is 0 Å². The van der Waals surface area contributed by atoms with Gasteiger partial charge < -0.3 is 5.32 Å². The zero-order valence-corrected chi connectivity index (χ0v) is 11.4. The van der Waals surface area contributed by atoms with Crippen molar-refractivity contribution in [3.63, 3.8) is 0 Å². The maximum absolute atomic E-state index is 8.85. The third kappa shape index (κ3) is 3.67. The van der Waals surface area contributed by atoms with Crippen molar-refractivity contribution < 1.29 is 0 Å². The fourth-order valence-electron chi connectivity index (χ4n) is 2.02. The van der Waals surface area contributed by atoms with Crippen LogP contribution < -0.4 is 5.32 Å². The summed E-state index contributed by atoms with van der Waals surface area (Å²) in [5.74, 6) is 0. The molecule has 0 aliphatic rings. The van der Waals surface area contributed by atoms with E-state index < -0.39 is 0 Å². The van der Waals surface area contributed by atoms with Gasteiger partial charge >= 0.3 is 0 Å². The Labute approximate surface area is 114 Å². The van der Waals surface area contributed by atoms with Crippen molar-refractivity contribution in [2.45, 2.75) is 26.9 Å². The SMILES string of the molecule is Cc1ccc(CNCc2cccc(C#N)c2)cc1C. The molecule has 2 rings (SSSR count). The van der Waals surface area contributed by atoms with Crippen LogP contribution >= 0.6 is 0 Å². The summed E-state index contributed by atoms with van der Waals surface area (Å²) in [6.45, 7) is 5.88. The van der Waals surface area contributed by atoms with Crippen LogP contribution in [0.1, 0.15) is 27.8 Å². The van der Waals surface area contributed by atoms with Crippen LogP contribution in [0.4, 0.5) is 0 Å². The summed E-state index contributed by atoms with van der Waals surface area (Å²) in [6, 6.07) is 16.4. The Morgan fingerprint density at radius 3 is 2.37 bits per heavy atom. The van der Waals surface area contributed by atoms with Gasteiger partial charge in [-0.05, 0) is 48.2 Å². The fourth-order valence-corrected chi connectivity index (χ4v) is 2.02. The van der Waals surface area contributed by atoms with E-state index in [1.54, 1.807) is 0 Å². The van der Waals surface area contributed by atoms with E-state index in [-0.39, 0.29) is 0 Å². The van der Waals surface area contributed by atoms with E-state index in [1.165, 1.54) is 16.7 Å². The van der Waals surface area contributed by atoms with Crippen LogP contribution in [-0.4, -0.2) is 0 Å². The Hall–Kier alpha value is -2.11. The van der Waals surface area contributed by atoms with Gasteiger partial charge in [0.1, 0.15) is 0 Å². The van der Waals surface area contributed by atoms with Crippen LogP contribution in [0.3, 0.4) is 0 Å². The molecule has 0 saturated carbocycles. The van der Waals surface area contributed by atoms with Crippen molar-refractivity contribution in [1.29, 1.82) is 5.26 Å². The first-order valence-corrected chi connectivity index (χ1v) is 6.45. The monoisotopic (exact) mass is 250 g/mol. The summed E-state index contributed by atoms with van der Waals surface area (Å²) < 4.78 is 0. The molecule has 0 unspecified atom stereocenters. The third-order valence-electron chi connectivity index (χ3n) is 3.29. The predicted octanol–water partition coefficient (Wildman–Crippen LogP) is 3.46. The van der Waals surface area contributed by atoms with E-state index in [0.717, 1.165) is 18.7 Å². The largest absolute Gasteiger partial charge is 0.309 e. The minimum atomic E-state index is 0.713. The van der Waals surface area contributed by atoms with Crippen LogP contribution in [0.15, 0.2) is 42.5 Å². The van der Waals surface area contributed by atoms with E-state index in [0.29, 0.717) is 5.56 Å². The second-order valence-electron chi connectivity index (χ2n) is 4.83. The lowest BCUT2D eigenvalue weighted by Gasteiger charge is -2.07. The molecule has 0 aromatic heterocycles. The zero-order chi connectivity index (χ0) is 13.7. The maximum atomic E-state index is 8.85. The summed E-state index contributed by atoms with van der Waals surface area (Å²) >= 11 is 0.